The van der Waals surface area contributed by atoms with Gasteiger partial charge in [-0.1, -0.05) is 6.07 Å². The predicted molar refractivity (Wildman–Crippen MR) is 58.1 cm³/mol. The van der Waals surface area contributed by atoms with Crippen molar-refractivity contribution in [2.45, 2.75) is 13.5 Å². The van der Waals surface area contributed by atoms with Gasteiger partial charge in [0.1, 0.15) is 13.2 Å². The lowest BCUT2D eigenvalue weighted by atomic mass is 10.1. The third kappa shape index (κ3) is 1.88. The standard InChI is InChI=1S/C12H14O4/c1-8(13)10-4-3-9(7-14-2)11-12(10)16-6-5-15-11/h3-4H,5-7H2,1-2H3. The maximum absolute atomic E-state index is 11.4. The number of hydrogen-bond acceptors (Lipinski definition) is 4. The van der Waals surface area contributed by atoms with E-state index in [2.05, 4.69) is 0 Å². The molecular weight excluding hydrogens is 208 g/mol. The molecule has 1 aliphatic heterocycles. The average molecular weight is 222 g/mol. The van der Waals surface area contributed by atoms with Crippen LogP contribution in [0, 0.1) is 0 Å². The zero-order valence-electron chi connectivity index (χ0n) is 9.41. The van der Waals surface area contributed by atoms with E-state index < -0.39 is 0 Å². The largest absolute Gasteiger partial charge is 0.486 e. The first-order valence-electron chi connectivity index (χ1n) is 5.15. The first-order chi connectivity index (χ1) is 7.74. The van der Waals surface area contributed by atoms with Gasteiger partial charge in [0.25, 0.3) is 0 Å². The number of benzene rings is 1. The van der Waals surface area contributed by atoms with Crippen LogP contribution < -0.4 is 9.47 Å². The molecule has 0 N–H and O–H groups in total. The van der Waals surface area contributed by atoms with Crippen LogP contribution in [0.15, 0.2) is 12.1 Å². The Morgan fingerprint density at radius 1 is 1.31 bits per heavy atom. The number of Topliss-reactive ketones (excluding diaryl/α,β-unsaturated/α-hetero) is 1. The lowest BCUT2D eigenvalue weighted by Crippen LogP contribution is -2.18. The maximum Gasteiger partial charge on any atom is 0.172 e. The third-order valence-corrected chi connectivity index (χ3v) is 2.45. The van der Waals surface area contributed by atoms with Gasteiger partial charge in [0, 0.05) is 12.7 Å². The lowest BCUT2D eigenvalue weighted by Gasteiger charge is -2.22. The van der Waals surface area contributed by atoms with Gasteiger partial charge < -0.3 is 14.2 Å². The van der Waals surface area contributed by atoms with E-state index in [1.54, 1.807) is 13.2 Å². The first-order valence-corrected chi connectivity index (χ1v) is 5.15. The fourth-order valence-electron chi connectivity index (χ4n) is 1.74. The van der Waals surface area contributed by atoms with Crippen molar-refractivity contribution in [2.24, 2.45) is 0 Å². The number of ether oxygens (including phenoxy) is 3. The number of fused-ring (bicyclic) bond motifs is 1. The molecule has 86 valence electrons. The summed E-state index contributed by atoms with van der Waals surface area (Å²) in [6.07, 6.45) is 0. The fraction of sp³-hybridized carbons (Fsp3) is 0.417. The molecule has 0 radical (unpaired) electrons. The van der Waals surface area contributed by atoms with Gasteiger partial charge in [-0.25, -0.2) is 0 Å². The minimum atomic E-state index is -0.0225. The minimum Gasteiger partial charge on any atom is -0.486 e. The molecule has 0 amide bonds. The Labute approximate surface area is 94.1 Å². The average Bonchev–Trinajstić information content (AvgIpc) is 2.29. The molecule has 1 heterocycles. The molecular formula is C12H14O4. The van der Waals surface area contributed by atoms with Crippen LogP contribution in [0.1, 0.15) is 22.8 Å². The van der Waals surface area contributed by atoms with Crippen molar-refractivity contribution in [3.05, 3.63) is 23.3 Å². The Bertz CT molecular complexity index is 412. The molecule has 1 aromatic carbocycles. The highest BCUT2D eigenvalue weighted by Crippen LogP contribution is 2.37. The third-order valence-electron chi connectivity index (χ3n) is 2.45. The van der Waals surface area contributed by atoms with Crippen LogP contribution in [-0.2, 0) is 11.3 Å². The van der Waals surface area contributed by atoms with E-state index in [0.717, 1.165) is 5.56 Å². The number of ketones is 1. The van der Waals surface area contributed by atoms with Gasteiger partial charge in [-0.05, 0) is 13.0 Å². The normalized spacial score (nSPS) is 13.6. The van der Waals surface area contributed by atoms with Crippen molar-refractivity contribution in [3.63, 3.8) is 0 Å². The van der Waals surface area contributed by atoms with E-state index in [1.165, 1.54) is 6.92 Å². The van der Waals surface area contributed by atoms with E-state index in [4.69, 9.17) is 14.2 Å². The van der Waals surface area contributed by atoms with Gasteiger partial charge in [-0.3, -0.25) is 4.79 Å². The van der Waals surface area contributed by atoms with Gasteiger partial charge >= 0.3 is 0 Å². The summed E-state index contributed by atoms with van der Waals surface area (Å²) in [4.78, 5) is 11.4. The highest BCUT2D eigenvalue weighted by molar-refractivity contribution is 5.98. The molecule has 0 unspecified atom stereocenters. The first kappa shape index (κ1) is 11.0. The lowest BCUT2D eigenvalue weighted by molar-refractivity contribution is 0.1000. The topological polar surface area (TPSA) is 44.8 Å². The van der Waals surface area contributed by atoms with Crippen LogP contribution in [-0.4, -0.2) is 26.1 Å². The molecule has 0 bridgehead atoms. The summed E-state index contributed by atoms with van der Waals surface area (Å²) < 4.78 is 16.1. The molecule has 1 aliphatic rings. The summed E-state index contributed by atoms with van der Waals surface area (Å²) in [5.74, 6) is 1.17. The number of carbonyl (C=O) groups excluding carboxylic acids is 1. The van der Waals surface area contributed by atoms with Crippen molar-refractivity contribution in [1.82, 2.24) is 0 Å². The highest BCUT2D eigenvalue weighted by Gasteiger charge is 2.21. The Balaban J connectivity index is 2.50. The molecule has 4 nitrogen and oxygen atoms in total. The van der Waals surface area contributed by atoms with Crippen LogP contribution >= 0.6 is 0 Å². The number of methoxy groups -OCH3 is 1. The van der Waals surface area contributed by atoms with Crippen LogP contribution in [0.5, 0.6) is 11.5 Å². The Hall–Kier alpha value is -1.55. The van der Waals surface area contributed by atoms with E-state index in [-0.39, 0.29) is 5.78 Å². The Kier molecular flexibility index (Phi) is 3.10. The summed E-state index contributed by atoms with van der Waals surface area (Å²) in [6.45, 7) is 2.95. The van der Waals surface area contributed by atoms with Crippen LogP contribution in [0.4, 0.5) is 0 Å². The molecule has 4 heteroatoms. The van der Waals surface area contributed by atoms with E-state index in [1.807, 2.05) is 6.07 Å². The Morgan fingerprint density at radius 3 is 2.62 bits per heavy atom. The quantitative estimate of drug-likeness (QED) is 0.731. The molecule has 0 atom stereocenters. The molecule has 0 saturated heterocycles. The summed E-state index contributed by atoms with van der Waals surface area (Å²) in [5, 5.41) is 0. The van der Waals surface area contributed by atoms with Crippen LogP contribution in [0.2, 0.25) is 0 Å². The number of rotatable bonds is 3. The van der Waals surface area contributed by atoms with Crippen molar-refractivity contribution >= 4 is 5.78 Å². The molecule has 0 fully saturated rings. The zero-order chi connectivity index (χ0) is 11.5. The van der Waals surface area contributed by atoms with E-state index >= 15 is 0 Å². The number of carbonyl (C=O) groups is 1. The van der Waals surface area contributed by atoms with Crippen molar-refractivity contribution in [3.8, 4) is 11.5 Å². The molecule has 1 aromatic rings. The molecule has 2 rings (SSSR count). The van der Waals surface area contributed by atoms with Gasteiger partial charge in [0.05, 0.1) is 12.2 Å². The van der Waals surface area contributed by atoms with Crippen molar-refractivity contribution in [1.29, 1.82) is 0 Å². The summed E-state index contributed by atoms with van der Waals surface area (Å²) >= 11 is 0. The molecule has 16 heavy (non-hydrogen) atoms. The van der Waals surface area contributed by atoms with Gasteiger partial charge in [0.2, 0.25) is 0 Å². The summed E-state index contributed by atoms with van der Waals surface area (Å²) in [5.41, 5.74) is 1.47. The van der Waals surface area contributed by atoms with Crippen LogP contribution in [0.3, 0.4) is 0 Å². The monoisotopic (exact) mass is 222 g/mol. The second-order valence-corrected chi connectivity index (χ2v) is 3.62. The fourth-order valence-corrected chi connectivity index (χ4v) is 1.74. The predicted octanol–water partition coefficient (Wildman–Crippen LogP) is 1.81. The van der Waals surface area contributed by atoms with Crippen LogP contribution in [0.25, 0.3) is 0 Å². The maximum atomic E-state index is 11.4. The van der Waals surface area contributed by atoms with Gasteiger partial charge in [0.15, 0.2) is 17.3 Å². The molecule has 0 aliphatic carbocycles. The van der Waals surface area contributed by atoms with Crippen molar-refractivity contribution in [2.75, 3.05) is 20.3 Å². The summed E-state index contributed by atoms with van der Waals surface area (Å²) in [7, 11) is 1.62. The highest BCUT2D eigenvalue weighted by atomic mass is 16.6. The SMILES string of the molecule is COCc1ccc(C(C)=O)c2c1OCCO2. The molecule has 0 aromatic heterocycles. The van der Waals surface area contributed by atoms with E-state index in [0.29, 0.717) is 36.9 Å². The van der Waals surface area contributed by atoms with E-state index in [9.17, 15) is 4.79 Å². The molecule has 0 saturated carbocycles. The Morgan fingerprint density at radius 2 is 2.00 bits per heavy atom. The second-order valence-electron chi connectivity index (χ2n) is 3.62. The van der Waals surface area contributed by atoms with Gasteiger partial charge in [-0.2, -0.15) is 0 Å². The summed E-state index contributed by atoms with van der Waals surface area (Å²) in [6, 6.07) is 3.60. The number of hydrogen-bond donors (Lipinski definition) is 0. The minimum absolute atomic E-state index is 0.0225. The zero-order valence-corrected chi connectivity index (χ0v) is 9.41. The van der Waals surface area contributed by atoms with Crippen molar-refractivity contribution < 1.29 is 19.0 Å². The van der Waals surface area contributed by atoms with Gasteiger partial charge in [-0.15, -0.1) is 0 Å². The second kappa shape index (κ2) is 4.53. The smallest absolute Gasteiger partial charge is 0.172 e. The molecule has 0 spiro atoms.